The number of carboxylic acid groups (broad SMARTS) is 3. The third-order valence-corrected chi connectivity index (χ3v) is 7.78. The van der Waals surface area contributed by atoms with Gasteiger partial charge >= 0.3 is 36.4 Å². The van der Waals surface area contributed by atoms with E-state index in [1.54, 1.807) is 0 Å². The number of aliphatic carboxylic acids is 3. The van der Waals surface area contributed by atoms with E-state index in [0.29, 0.717) is 37.3 Å². The first kappa shape index (κ1) is 61.5. The van der Waals surface area contributed by atoms with Crippen molar-refractivity contribution in [2.24, 2.45) is 22.2 Å². The zero-order valence-electron chi connectivity index (χ0n) is 34.9. The summed E-state index contributed by atoms with van der Waals surface area (Å²) in [4.78, 5) is 74.7. The normalized spacial score (nSPS) is 11.9. The summed E-state index contributed by atoms with van der Waals surface area (Å²) in [6.07, 6.45) is -3.97. The van der Waals surface area contributed by atoms with Crippen LogP contribution in [0.25, 0.3) is 0 Å². The van der Waals surface area contributed by atoms with Crippen LogP contribution in [0.4, 0.5) is 39.5 Å². The molecular weight excluding hydrogens is 919 g/mol. The standard InChI is InChI=1S/C30H50N10O5.3C2HF3O2/c31-23(11-16-38-30(32)33)28(44)36-14-6-4-2-1-3-5-12-34-13-7-8-15-37-29(45)27(24-19-35-20-39-24)40-26(43)17-21-9-10-22(41)18-25(21)42;3*3-2(4,5)1(6)7/h9-10,18-20,23,27,34,41-42H,1-8,11-17,31H2,(H,35,39)(H,36,44)(H,37,45)(H,40,43)(H4,32,33,38);3*(H,6,7)/t23-,27-;;;/m0.../s1. The van der Waals surface area contributed by atoms with Gasteiger partial charge in [-0.15, -0.1) is 0 Å². The molecule has 0 aliphatic carbocycles. The Bertz CT molecular complexity index is 1740. The van der Waals surface area contributed by atoms with Crippen LogP contribution in [-0.2, 0) is 35.2 Å². The SMILES string of the molecule is NC(N)=NCC[C@H](N)C(=O)NCCCCCCCCNCCCCNC(=O)[C@@H](NC(=O)Cc1ccc(O)cc1O)c1cnc[nH]1.O=C(O)C(F)(F)F.O=C(O)C(F)(F)F.O=C(O)C(F)(F)F. The van der Waals surface area contributed by atoms with Crippen LogP contribution in [0.3, 0.4) is 0 Å². The number of aliphatic imine (C=N–C) groups is 1. The van der Waals surface area contributed by atoms with E-state index in [4.69, 9.17) is 46.9 Å². The van der Waals surface area contributed by atoms with Gasteiger partial charge in [-0.05, 0) is 51.3 Å². The Balaban J connectivity index is 0. The number of unbranched alkanes of at least 4 members (excludes halogenated alkanes) is 6. The molecule has 2 atom stereocenters. The topological polar surface area (TPSA) is 371 Å². The summed E-state index contributed by atoms with van der Waals surface area (Å²) in [6, 6.07) is 2.42. The fourth-order valence-corrected chi connectivity index (χ4v) is 4.50. The molecule has 376 valence electrons. The Morgan fingerprint density at radius 1 is 0.697 bits per heavy atom. The highest BCUT2D eigenvalue weighted by Crippen LogP contribution is 2.23. The van der Waals surface area contributed by atoms with Crippen molar-refractivity contribution < 1.29 is 93.8 Å². The van der Waals surface area contributed by atoms with E-state index in [1.807, 2.05) is 0 Å². The molecule has 1 aromatic heterocycles. The smallest absolute Gasteiger partial charge is 0.490 e. The van der Waals surface area contributed by atoms with Gasteiger partial charge in [-0.2, -0.15) is 39.5 Å². The lowest BCUT2D eigenvalue weighted by atomic mass is 10.1. The Labute approximate surface area is 369 Å². The van der Waals surface area contributed by atoms with Crippen molar-refractivity contribution in [1.82, 2.24) is 31.2 Å². The number of guanidine groups is 1. The van der Waals surface area contributed by atoms with E-state index in [0.717, 1.165) is 70.5 Å². The minimum Gasteiger partial charge on any atom is -0.508 e. The predicted molar refractivity (Wildman–Crippen MR) is 213 cm³/mol. The number of rotatable bonds is 23. The Morgan fingerprint density at radius 3 is 1.58 bits per heavy atom. The van der Waals surface area contributed by atoms with Crippen molar-refractivity contribution >= 4 is 41.6 Å². The molecule has 66 heavy (non-hydrogen) atoms. The number of nitrogens with two attached hydrogens (primary N) is 3. The Kier molecular flexibility index (Phi) is 29.9. The Morgan fingerprint density at radius 2 is 1.14 bits per heavy atom. The van der Waals surface area contributed by atoms with Gasteiger partial charge in [0.15, 0.2) is 5.96 Å². The van der Waals surface area contributed by atoms with E-state index >= 15 is 0 Å². The van der Waals surface area contributed by atoms with Crippen molar-refractivity contribution in [3.8, 4) is 11.5 Å². The minimum absolute atomic E-state index is 0.00722. The number of aromatic nitrogens is 2. The molecule has 3 amide bonds. The maximum absolute atomic E-state index is 12.9. The van der Waals surface area contributed by atoms with Gasteiger partial charge in [0.2, 0.25) is 17.7 Å². The van der Waals surface area contributed by atoms with Crippen molar-refractivity contribution in [3.63, 3.8) is 0 Å². The molecule has 0 radical (unpaired) electrons. The van der Waals surface area contributed by atoms with Crippen molar-refractivity contribution in [1.29, 1.82) is 0 Å². The number of halogens is 9. The molecule has 0 bridgehead atoms. The summed E-state index contributed by atoms with van der Waals surface area (Å²) in [5, 5.41) is 52.6. The van der Waals surface area contributed by atoms with Crippen LogP contribution in [0, 0.1) is 0 Å². The summed E-state index contributed by atoms with van der Waals surface area (Å²) in [5.74, 6) is -9.58. The number of carboxylic acids is 3. The van der Waals surface area contributed by atoms with Crippen LogP contribution in [0.5, 0.6) is 11.5 Å². The predicted octanol–water partition coefficient (Wildman–Crippen LogP) is 2.05. The number of amides is 3. The second-order valence-electron chi connectivity index (χ2n) is 13.3. The number of phenolic OH excluding ortho intramolecular Hbond substituents is 2. The van der Waals surface area contributed by atoms with Crippen molar-refractivity contribution in [2.75, 3.05) is 32.7 Å². The first-order valence-corrected chi connectivity index (χ1v) is 19.3. The van der Waals surface area contributed by atoms with Crippen molar-refractivity contribution in [3.05, 3.63) is 42.0 Å². The molecule has 1 aromatic carbocycles. The monoisotopic (exact) mass is 972 g/mol. The molecule has 0 saturated heterocycles. The van der Waals surface area contributed by atoms with E-state index in [-0.39, 0.29) is 35.7 Å². The molecule has 30 heteroatoms. The fraction of sp³-hybridized carbons (Fsp3) is 0.556. The first-order valence-electron chi connectivity index (χ1n) is 19.3. The second kappa shape index (κ2) is 32.1. The first-order chi connectivity index (χ1) is 30.5. The number of aromatic amines is 1. The molecule has 21 nitrogen and oxygen atoms in total. The van der Waals surface area contributed by atoms with Gasteiger partial charge in [0.1, 0.15) is 17.5 Å². The largest absolute Gasteiger partial charge is 0.508 e. The van der Waals surface area contributed by atoms with Crippen LogP contribution in [-0.4, -0.2) is 134 Å². The van der Waals surface area contributed by atoms with Gasteiger partial charge in [0, 0.05) is 31.3 Å². The zero-order chi connectivity index (χ0) is 51.1. The number of phenols is 2. The molecule has 2 rings (SSSR count). The summed E-state index contributed by atoms with van der Waals surface area (Å²) in [6.45, 7) is 3.19. The number of aromatic hydroxyl groups is 2. The van der Waals surface area contributed by atoms with Gasteiger partial charge in [-0.25, -0.2) is 19.4 Å². The minimum atomic E-state index is -5.08. The van der Waals surface area contributed by atoms with Gasteiger partial charge in [0.25, 0.3) is 0 Å². The molecule has 0 saturated carbocycles. The number of H-pyrrole nitrogens is 1. The summed E-state index contributed by atoms with van der Waals surface area (Å²) in [7, 11) is 0. The average Bonchev–Trinajstić information content (AvgIpc) is 3.74. The molecular formula is C36H53F9N10O11. The zero-order valence-corrected chi connectivity index (χ0v) is 34.9. The number of carbonyl (C=O) groups is 6. The van der Waals surface area contributed by atoms with Crippen LogP contribution in [0.2, 0.25) is 0 Å². The van der Waals surface area contributed by atoms with E-state index in [1.165, 1.54) is 24.7 Å². The average molecular weight is 973 g/mol. The van der Waals surface area contributed by atoms with Gasteiger partial charge in [-0.3, -0.25) is 19.4 Å². The number of alkyl halides is 9. The highest BCUT2D eigenvalue weighted by Gasteiger charge is 2.39. The summed E-state index contributed by atoms with van der Waals surface area (Å²) in [5.41, 5.74) is 17.1. The summed E-state index contributed by atoms with van der Waals surface area (Å²) >= 11 is 0. The maximum Gasteiger partial charge on any atom is 0.490 e. The van der Waals surface area contributed by atoms with E-state index in [9.17, 15) is 64.1 Å². The molecule has 2 aromatic rings. The maximum atomic E-state index is 12.9. The number of hydrogen-bond donors (Lipinski definition) is 13. The van der Waals surface area contributed by atoms with Gasteiger partial charge in [0.05, 0.1) is 30.7 Å². The van der Waals surface area contributed by atoms with Crippen LogP contribution in [0.1, 0.15) is 75.1 Å². The Hall–Kier alpha value is -6.59. The molecule has 0 spiro atoms. The number of hydrogen-bond acceptors (Lipinski definition) is 12. The number of imidazole rings is 1. The van der Waals surface area contributed by atoms with Gasteiger partial charge < -0.3 is 69.0 Å². The molecule has 16 N–H and O–H groups in total. The lowest BCUT2D eigenvalue weighted by Gasteiger charge is -2.17. The van der Waals surface area contributed by atoms with E-state index in [2.05, 4.69) is 36.2 Å². The molecule has 0 unspecified atom stereocenters. The molecule has 1 heterocycles. The highest BCUT2D eigenvalue weighted by molar-refractivity contribution is 5.89. The number of nitrogens with one attached hydrogen (secondary N) is 5. The van der Waals surface area contributed by atoms with Crippen LogP contribution in [0.15, 0.2) is 35.7 Å². The lowest BCUT2D eigenvalue weighted by molar-refractivity contribution is -0.193. The quantitative estimate of drug-likeness (QED) is 0.0328. The van der Waals surface area contributed by atoms with Crippen molar-refractivity contribution in [2.45, 2.75) is 94.8 Å². The van der Waals surface area contributed by atoms with Crippen LogP contribution < -0.4 is 38.5 Å². The fourth-order valence-electron chi connectivity index (χ4n) is 4.50. The molecule has 0 aliphatic heterocycles. The lowest BCUT2D eigenvalue weighted by Crippen LogP contribution is -2.41. The number of benzene rings is 1. The third-order valence-electron chi connectivity index (χ3n) is 7.78. The van der Waals surface area contributed by atoms with Gasteiger partial charge in [-0.1, -0.05) is 31.7 Å². The van der Waals surface area contributed by atoms with E-state index < -0.39 is 54.4 Å². The van der Waals surface area contributed by atoms with Crippen LogP contribution >= 0.6 is 0 Å². The second-order valence-corrected chi connectivity index (χ2v) is 13.3. The highest BCUT2D eigenvalue weighted by atomic mass is 19.4. The summed E-state index contributed by atoms with van der Waals surface area (Å²) < 4.78 is 95.2. The number of carbonyl (C=O) groups excluding carboxylic acids is 3. The molecule has 0 aliphatic rings. The third kappa shape index (κ3) is 32.1. The number of nitrogens with zero attached hydrogens (tertiary/aromatic N) is 2. The molecule has 0 fully saturated rings.